The van der Waals surface area contributed by atoms with Crippen molar-refractivity contribution < 1.29 is 18.8 Å². The van der Waals surface area contributed by atoms with Gasteiger partial charge >= 0.3 is 5.97 Å². The highest BCUT2D eigenvalue weighted by Crippen LogP contribution is 2.23. The van der Waals surface area contributed by atoms with Gasteiger partial charge in [0.05, 0.1) is 5.56 Å². The van der Waals surface area contributed by atoms with Crippen molar-refractivity contribution in [2.45, 2.75) is 39.2 Å². The highest BCUT2D eigenvalue weighted by Gasteiger charge is 2.21. The van der Waals surface area contributed by atoms with E-state index in [4.69, 9.17) is 9.26 Å². The molecule has 0 spiro atoms. The molecule has 1 unspecified atom stereocenters. The fraction of sp³-hybridized carbons (Fsp3) is 0.353. The monoisotopic (exact) mass is 314 g/mol. The third-order valence-electron chi connectivity index (χ3n) is 3.87. The molecule has 0 saturated carbocycles. The van der Waals surface area contributed by atoms with Crippen molar-refractivity contribution in [1.82, 2.24) is 5.16 Å². The van der Waals surface area contributed by atoms with E-state index in [2.05, 4.69) is 10.5 Å². The molecule has 120 valence electrons. The van der Waals surface area contributed by atoms with Crippen LogP contribution in [-0.2, 0) is 22.4 Å². The number of hydrogen-bond acceptors (Lipinski definition) is 5. The normalized spacial score (nSPS) is 14.2. The molecule has 0 aliphatic heterocycles. The highest BCUT2D eigenvalue weighted by molar-refractivity contribution is 5.96. The third-order valence-corrected chi connectivity index (χ3v) is 3.87. The Bertz CT molecular complexity index is 751. The molecule has 1 aliphatic carbocycles. The number of rotatable bonds is 4. The summed E-state index contributed by atoms with van der Waals surface area (Å²) in [6, 6.07) is 7.16. The van der Waals surface area contributed by atoms with E-state index in [0.29, 0.717) is 17.1 Å². The number of benzene rings is 1. The van der Waals surface area contributed by atoms with Crippen LogP contribution in [0.2, 0.25) is 0 Å². The molecule has 1 aromatic heterocycles. The molecule has 1 heterocycles. The van der Waals surface area contributed by atoms with Crippen molar-refractivity contribution in [3.63, 3.8) is 0 Å². The first kappa shape index (κ1) is 15.3. The molecular weight excluding hydrogens is 296 g/mol. The summed E-state index contributed by atoms with van der Waals surface area (Å²) in [7, 11) is 0. The summed E-state index contributed by atoms with van der Waals surface area (Å²) >= 11 is 0. The second-order valence-corrected chi connectivity index (χ2v) is 5.70. The number of esters is 1. The zero-order valence-corrected chi connectivity index (χ0v) is 13.1. The van der Waals surface area contributed by atoms with E-state index in [1.807, 2.05) is 12.1 Å². The molecule has 2 aromatic rings. The molecule has 1 N–H and O–H groups in total. The van der Waals surface area contributed by atoms with Gasteiger partial charge in [-0.3, -0.25) is 4.79 Å². The van der Waals surface area contributed by atoms with Gasteiger partial charge in [-0.05, 0) is 56.4 Å². The number of hydrogen-bond donors (Lipinski definition) is 1. The number of amides is 1. The van der Waals surface area contributed by atoms with E-state index in [1.54, 1.807) is 19.1 Å². The fourth-order valence-electron chi connectivity index (χ4n) is 2.63. The number of carbonyl (C=O) groups is 2. The van der Waals surface area contributed by atoms with Gasteiger partial charge < -0.3 is 14.6 Å². The second kappa shape index (κ2) is 6.24. The van der Waals surface area contributed by atoms with E-state index in [0.717, 1.165) is 19.3 Å². The van der Waals surface area contributed by atoms with E-state index >= 15 is 0 Å². The second-order valence-electron chi connectivity index (χ2n) is 5.70. The average Bonchev–Trinajstić information content (AvgIpc) is 3.14. The summed E-state index contributed by atoms with van der Waals surface area (Å²) in [5.74, 6) is -0.0671. The molecule has 0 radical (unpaired) electrons. The van der Waals surface area contributed by atoms with E-state index < -0.39 is 18.0 Å². The Morgan fingerprint density at radius 3 is 2.78 bits per heavy atom. The first-order valence-electron chi connectivity index (χ1n) is 7.60. The molecular formula is C17H18N2O4. The van der Waals surface area contributed by atoms with Crippen LogP contribution in [0.4, 0.5) is 5.82 Å². The first-order valence-corrected chi connectivity index (χ1v) is 7.60. The minimum Gasteiger partial charge on any atom is -0.449 e. The van der Waals surface area contributed by atoms with Gasteiger partial charge in [-0.1, -0.05) is 11.2 Å². The number of anilines is 1. The molecule has 6 heteroatoms. The maximum Gasteiger partial charge on any atom is 0.338 e. The van der Waals surface area contributed by atoms with Crippen LogP contribution in [0.1, 0.15) is 40.6 Å². The van der Waals surface area contributed by atoms with Crippen LogP contribution in [0.15, 0.2) is 28.8 Å². The summed E-state index contributed by atoms with van der Waals surface area (Å²) in [5, 5.41) is 6.21. The van der Waals surface area contributed by atoms with Crippen molar-refractivity contribution >= 4 is 17.7 Å². The zero-order chi connectivity index (χ0) is 16.4. The summed E-state index contributed by atoms with van der Waals surface area (Å²) in [4.78, 5) is 24.2. The summed E-state index contributed by atoms with van der Waals surface area (Å²) in [6.45, 7) is 3.24. The van der Waals surface area contributed by atoms with Gasteiger partial charge in [-0.15, -0.1) is 0 Å². The Hall–Kier alpha value is -2.63. The molecule has 6 nitrogen and oxygen atoms in total. The topological polar surface area (TPSA) is 81.4 Å². The number of nitrogens with one attached hydrogen (secondary N) is 1. The van der Waals surface area contributed by atoms with Crippen molar-refractivity contribution in [1.29, 1.82) is 0 Å². The van der Waals surface area contributed by atoms with Gasteiger partial charge in [-0.25, -0.2) is 4.79 Å². The number of carbonyl (C=O) groups excluding carboxylic acids is 2. The maximum atomic E-state index is 12.2. The van der Waals surface area contributed by atoms with E-state index in [-0.39, 0.29) is 0 Å². The SMILES string of the molecule is Cc1cc(NC(=O)C(C)OC(=O)c2ccc3c(c2)CCC3)no1. The van der Waals surface area contributed by atoms with Gasteiger partial charge in [0.15, 0.2) is 11.9 Å². The number of aryl methyl sites for hydroxylation is 3. The molecule has 1 aliphatic rings. The van der Waals surface area contributed by atoms with Crippen molar-refractivity contribution in [2.24, 2.45) is 0 Å². The third kappa shape index (κ3) is 3.41. The number of nitrogens with zero attached hydrogens (tertiary/aromatic N) is 1. The largest absolute Gasteiger partial charge is 0.449 e. The molecule has 0 fully saturated rings. The Morgan fingerprint density at radius 1 is 1.26 bits per heavy atom. The average molecular weight is 314 g/mol. The Kier molecular flexibility index (Phi) is 4.14. The van der Waals surface area contributed by atoms with Gasteiger partial charge in [0.2, 0.25) is 0 Å². The number of ether oxygens (including phenoxy) is 1. The molecule has 3 rings (SSSR count). The molecule has 0 saturated heterocycles. The fourth-order valence-corrected chi connectivity index (χ4v) is 2.63. The Balaban J connectivity index is 1.61. The van der Waals surface area contributed by atoms with Crippen LogP contribution in [0.25, 0.3) is 0 Å². The minimum atomic E-state index is -0.923. The molecule has 23 heavy (non-hydrogen) atoms. The van der Waals surface area contributed by atoms with E-state index in [9.17, 15) is 9.59 Å². The highest BCUT2D eigenvalue weighted by atomic mass is 16.5. The van der Waals surface area contributed by atoms with Crippen molar-refractivity contribution in [3.05, 3.63) is 46.7 Å². The summed E-state index contributed by atoms with van der Waals surface area (Å²) < 4.78 is 10.1. The van der Waals surface area contributed by atoms with Crippen LogP contribution < -0.4 is 5.32 Å². The lowest BCUT2D eigenvalue weighted by atomic mass is 10.1. The van der Waals surface area contributed by atoms with E-state index in [1.165, 1.54) is 18.1 Å². The van der Waals surface area contributed by atoms with Gasteiger partial charge in [-0.2, -0.15) is 0 Å². The predicted molar refractivity (Wildman–Crippen MR) is 83.2 cm³/mol. The lowest BCUT2D eigenvalue weighted by Gasteiger charge is -2.12. The van der Waals surface area contributed by atoms with Gasteiger partial charge in [0.25, 0.3) is 5.91 Å². The standard InChI is InChI=1S/C17H18N2O4/c1-10-8-15(19-23-10)18-16(20)11(2)22-17(21)14-7-6-12-4-3-5-13(12)9-14/h6-9,11H,3-5H2,1-2H3,(H,18,19,20). The lowest BCUT2D eigenvalue weighted by molar-refractivity contribution is -0.123. The first-order chi connectivity index (χ1) is 11.0. The van der Waals surface area contributed by atoms with Crippen LogP contribution in [0.3, 0.4) is 0 Å². The van der Waals surface area contributed by atoms with Crippen LogP contribution in [-0.4, -0.2) is 23.1 Å². The zero-order valence-electron chi connectivity index (χ0n) is 13.1. The summed E-state index contributed by atoms with van der Waals surface area (Å²) in [5.41, 5.74) is 2.95. The Morgan fingerprint density at radius 2 is 2.04 bits per heavy atom. The van der Waals surface area contributed by atoms with Crippen LogP contribution >= 0.6 is 0 Å². The minimum absolute atomic E-state index is 0.299. The quantitative estimate of drug-likeness (QED) is 0.877. The molecule has 0 bridgehead atoms. The predicted octanol–water partition coefficient (Wildman–Crippen LogP) is 2.66. The molecule has 1 atom stereocenters. The van der Waals surface area contributed by atoms with Gasteiger partial charge in [0.1, 0.15) is 5.76 Å². The van der Waals surface area contributed by atoms with Crippen LogP contribution in [0, 0.1) is 6.92 Å². The number of fused-ring (bicyclic) bond motifs is 1. The van der Waals surface area contributed by atoms with Crippen LogP contribution in [0.5, 0.6) is 0 Å². The molecule has 1 amide bonds. The number of aromatic nitrogens is 1. The van der Waals surface area contributed by atoms with Crippen molar-refractivity contribution in [2.75, 3.05) is 5.32 Å². The van der Waals surface area contributed by atoms with Gasteiger partial charge in [0, 0.05) is 6.07 Å². The van der Waals surface area contributed by atoms with Crippen molar-refractivity contribution in [3.8, 4) is 0 Å². The summed E-state index contributed by atoms with van der Waals surface area (Å²) in [6.07, 6.45) is 2.23. The Labute approximate surface area is 133 Å². The molecule has 1 aromatic carbocycles. The lowest BCUT2D eigenvalue weighted by Crippen LogP contribution is -2.30. The smallest absolute Gasteiger partial charge is 0.338 e. The maximum absolute atomic E-state index is 12.2.